The first-order valence-corrected chi connectivity index (χ1v) is 7.86. The van der Waals surface area contributed by atoms with Crippen LogP contribution >= 0.6 is 0 Å². The molecule has 26 heavy (non-hydrogen) atoms. The van der Waals surface area contributed by atoms with Crippen molar-refractivity contribution in [2.24, 2.45) is 0 Å². The Morgan fingerprint density at radius 1 is 0.808 bits per heavy atom. The largest absolute Gasteiger partial charge is 0.513 e. The van der Waals surface area contributed by atoms with Crippen molar-refractivity contribution < 1.29 is 23.9 Å². The minimum atomic E-state index is -0.784. The lowest BCUT2D eigenvalue weighted by Gasteiger charge is -2.09. The van der Waals surface area contributed by atoms with Gasteiger partial charge in [-0.1, -0.05) is 0 Å². The number of rotatable bonds is 5. The first-order valence-electron chi connectivity index (χ1n) is 7.86. The van der Waals surface area contributed by atoms with Crippen molar-refractivity contribution in [3.63, 3.8) is 0 Å². The zero-order valence-corrected chi connectivity index (χ0v) is 14.4. The van der Waals surface area contributed by atoms with E-state index in [0.29, 0.717) is 22.8 Å². The summed E-state index contributed by atoms with van der Waals surface area (Å²) >= 11 is 0. The molecule has 136 valence electrons. The lowest BCUT2D eigenvalue weighted by atomic mass is 10.2. The quantitative estimate of drug-likeness (QED) is 0.557. The molecule has 0 bridgehead atoms. The number of hydrogen-bond donors (Lipinski definition) is 3. The third kappa shape index (κ3) is 6.16. The average Bonchev–Trinajstić information content (AvgIpc) is 2.58. The Bertz CT molecular complexity index is 772. The van der Waals surface area contributed by atoms with Gasteiger partial charge in [-0.05, 0) is 55.5 Å². The van der Waals surface area contributed by atoms with Gasteiger partial charge in [0.1, 0.15) is 5.75 Å². The summed E-state index contributed by atoms with van der Waals surface area (Å²) in [5.74, 6) is 0.141. The number of urea groups is 1. The fourth-order valence-electron chi connectivity index (χ4n) is 1.98. The fourth-order valence-corrected chi connectivity index (χ4v) is 1.98. The van der Waals surface area contributed by atoms with Gasteiger partial charge in [0.2, 0.25) is 5.91 Å². The standard InChI is InChI=1S/C18H19N3O5/c1-3-25-18(24)26-16-10-8-15(9-11-16)21-17(23)20-14-6-4-13(5-7-14)19-12(2)22/h4-11H,3H2,1-2H3,(H,19,22)(H2,20,21,23). The Morgan fingerprint density at radius 2 is 1.27 bits per heavy atom. The number of nitrogens with one attached hydrogen (secondary N) is 3. The summed E-state index contributed by atoms with van der Waals surface area (Å²) in [5, 5.41) is 7.96. The summed E-state index contributed by atoms with van der Waals surface area (Å²) in [5.41, 5.74) is 1.73. The predicted octanol–water partition coefficient (Wildman–Crippen LogP) is 3.82. The van der Waals surface area contributed by atoms with Crippen LogP contribution in [0.25, 0.3) is 0 Å². The van der Waals surface area contributed by atoms with Crippen LogP contribution in [0, 0.1) is 0 Å². The van der Waals surface area contributed by atoms with Crippen molar-refractivity contribution in [2.45, 2.75) is 13.8 Å². The van der Waals surface area contributed by atoms with E-state index in [4.69, 9.17) is 4.74 Å². The minimum Gasteiger partial charge on any atom is -0.434 e. The Hall–Kier alpha value is -3.55. The summed E-state index contributed by atoms with van der Waals surface area (Å²) < 4.78 is 9.60. The predicted molar refractivity (Wildman–Crippen MR) is 97.5 cm³/mol. The average molecular weight is 357 g/mol. The zero-order chi connectivity index (χ0) is 18.9. The SMILES string of the molecule is CCOC(=O)Oc1ccc(NC(=O)Nc2ccc(NC(C)=O)cc2)cc1. The highest BCUT2D eigenvalue weighted by Gasteiger charge is 2.06. The fraction of sp³-hybridized carbons (Fsp3) is 0.167. The van der Waals surface area contributed by atoms with Gasteiger partial charge in [0.25, 0.3) is 0 Å². The van der Waals surface area contributed by atoms with Crippen molar-refractivity contribution in [1.29, 1.82) is 0 Å². The molecule has 8 nitrogen and oxygen atoms in total. The zero-order valence-electron chi connectivity index (χ0n) is 14.4. The van der Waals surface area contributed by atoms with Crippen LogP contribution in [0.1, 0.15) is 13.8 Å². The molecule has 0 aliphatic heterocycles. The number of ether oxygens (including phenoxy) is 2. The lowest BCUT2D eigenvalue weighted by Crippen LogP contribution is -2.19. The van der Waals surface area contributed by atoms with Crippen LogP contribution in [0.3, 0.4) is 0 Å². The number of amides is 3. The van der Waals surface area contributed by atoms with E-state index >= 15 is 0 Å². The van der Waals surface area contributed by atoms with E-state index in [1.165, 1.54) is 19.1 Å². The molecule has 3 N–H and O–H groups in total. The molecule has 0 aliphatic carbocycles. The Labute approximate surface area is 150 Å². The monoisotopic (exact) mass is 357 g/mol. The molecule has 8 heteroatoms. The lowest BCUT2D eigenvalue weighted by molar-refractivity contribution is -0.114. The van der Waals surface area contributed by atoms with Gasteiger partial charge < -0.3 is 25.4 Å². The van der Waals surface area contributed by atoms with Gasteiger partial charge in [-0.3, -0.25) is 4.79 Å². The first-order chi connectivity index (χ1) is 12.5. The maximum absolute atomic E-state index is 12.0. The van der Waals surface area contributed by atoms with Gasteiger partial charge in [0, 0.05) is 24.0 Å². The highest BCUT2D eigenvalue weighted by molar-refractivity contribution is 6.00. The van der Waals surface area contributed by atoms with E-state index in [2.05, 4.69) is 20.7 Å². The molecule has 0 spiro atoms. The van der Waals surface area contributed by atoms with E-state index < -0.39 is 12.2 Å². The van der Waals surface area contributed by atoms with E-state index in [1.807, 2.05) is 0 Å². The Kier molecular flexibility index (Phi) is 6.55. The maximum atomic E-state index is 12.0. The number of carbonyl (C=O) groups is 3. The Balaban J connectivity index is 1.87. The van der Waals surface area contributed by atoms with Gasteiger partial charge in [0.15, 0.2) is 0 Å². The van der Waals surface area contributed by atoms with E-state index in [0.717, 1.165) is 0 Å². The molecule has 2 aromatic carbocycles. The number of anilines is 3. The summed E-state index contributed by atoms with van der Waals surface area (Å²) in [4.78, 5) is 34.2. The normalized spacial score (nSPS) is 9.77. The molecule has 0 aliphatic rings. The van der Waals surface area contributed by atoms with E-state index in [-0.39, 0.29) is 12.5 Å². The van der Waals surface area contributed by atoms with Gasteiger partial charge in [-0.2, -0.15) is 0 Å². The first kappa shape index (κ1) is 18.8. The molecule has 0 unspecified atom stereocenters. The molecular formula is C18H19N3O5. The van der Waals surface area contributed by atoms with E-state index in [1.54, 1.807) is 43.3 Å². The highest BCUT2D eigenvalue weighted by atomic mass is 16.7. The van der Waals surface area contributed by atoms with Crippen molar-refractivity contribution in [2.75, 3.05) is 22.6 Å². The highest BCUT2D eigenvalue weighted by Crippen LogP contribution is 2.17. The van der Waals surface area contributed by atoms with E-state index in [9.17, 15) is 14.4 Å². The van der Waals surface area contributed by atoms with Crippen LogP contribution in [0.5, 0.6) is 5.75 Å². The van der Waals surface area contributed by atoms with Crippen molar-refractivity contribution in [3.8, 4) is 5.75 Å². The molecule has 0 saturated carbocycles. The second-order valence-corrected chi connectivity index (χ2v) is 5.15. The van der Waals surface area contributed by atoms with Crippen molar-refractivity contribution in [1.82, 2.24) is 0 Å². The van der Waals surface area contributed by atoms with Crippen LogP contribution in [0.2, 0.25) is 0 Å². The molecule has 3 amide bonds. The Morgan fingerprint density at radius 3 is 1.73 bits per heavy atom. The van der Waals surface area contributed by atoms with Gasteiger partial charge in [-0.15, -0.1) is 0 Å². The van der Waals surface area contributed by atoms with Crippen molar-refractivity contribution in [3.05, 3.63) is 48.5 Å². The summed E-state index contributed by atoms with van der Waals surface area (Å²) in [7, 11) is 0. The second kappa shape index (κ2) is 9.07. The number of benzene rings is 2. The number of hydrogen-bond acceptors (Lipinski definition) is 5. The van der Waals surface area contributed by atoms with Gasteiger partial charge in [0.05, 0.1) is 6.61 Å². The maximum Gasteiger partial charge on any atom is 0.513 e. The van der Waals surface area contributed by atoms with Crippen LogP contribution in [0.4, 0.5) is 26.7 Å². The third-order valence-corrected chi connectivity index (χ3v) is 3.04. The summed E-state index contributed by atoms with van der Waals surface area (Å²) in [6.07, 6.45) is -0.784. The molecule has 0 heterocycles. The van der Waals surface area contributed by atoms with Gasteiger partial charge >= 0.3 is 12.2 Å². The van der Waals surface area contributed by atoms with Gasteiger partial charge in [-0.25, -0.2) is 9.59 Å². The summed E-state index contributed by atoms with van der Waals surface area (Å²) in [6.45, 7) is 3.33. The molecule has 2 rings (SSSR count). The number of carbonyl (C=O) groups excluding carboxylic acids is 3. The molecular weight excluding hydrogens is 338 g/mol. The molecule has 0 fully saturated rings. The van der Waals surface area contributed by atoms with Crippen LogP contribution in [-0.2, 0) is 9.53 Å². The molecule has 0 radical (unpaired) electrons. The second-order valence-electron chi connectivity index (χ2n) is 5.15. The molecule has 0 saturated heterocycles. The van der Waals surface area contributed by atoms with Crippen LogP contribution in [-0.4, -0.2) is 24.7 Å². The topological polar surface area (TPSA) is 106 Å². The summed E-state index contributed by atoms with van der Waals surface area (Å²) in [6, 6.07) is 12.5. The van der Waals surface area contributed by atoms with Crippen LogP contribution < -0.4 is 20.7 Å². The smallest absolute Gasteiger partial charge is 0.434 e. The van der Waals surface area contributed by atoms with Crippen molar-refractivity contribution >= 4 is 35.2 Å². The molecule has 0 atom stereocenters. The third-order valence-electron chi connectivity index (χ3n) is 3.04. The van der Waals surface area contributed by atoms with Crippen LogP contribution in [0.15, 0.2) is 48.5 Å². The molecule has 0 aromatic heterocycles. The molecule has 2 aromatic rings. The minimum absolute atomic E-state index is 0.168.